The van der Waals surface area contributed by atoms with Gasteiger partial charge in [0.25, 0.3) is 0 Å². The highest BCUT2D eigenvalue weighted by Crippen LogP contribution is 2.33. The van der Waals surface area contributed by atoms with Crippen LogP contribution in [0.1, 0.15) is 21.8 Å². The molecule has 0 aliphatic carbocycles. The number of hydrogen-bond donors (Lipinski definition) is 0. The largest absolute Gasteiger partial charge is 0.493 e. The molecule has 25 heavy (non-hydrogen) atoms. The van der Waals surface area contributed by atoms with Crippen LogP contribution in [0, 0.1) is 0 Å². The summed E-state index contributed by atoms with van der Waals surface area (Å²) in [6, 6.07) is 9.73. The first kappa shape index (κ1) is 18.3. The van der Waals surface area contributed by atoms with E-state index in [9.17, 15) is 9.59 Å². The molecule has 2 aromatic carbocycles. The average molecular weight is 344 g/mol. The van der Waals surface area contributed by atoms with Crippen molar-refractivity contribution in [2.75, 3.05) is 28.4 Å². The SMILES string of the molecule is COc1ccc(C(=O)C(C=O)c2ccc(OC)c(OC)c2)cc1OC. The monoisotopic (exact) mass is 344 g/mol. The van der Waals surface area contributed by atoms with Crippen molar-refractivity contribution in [2.24, 2.45) is 0 Å². The third kappa shape index (κ3) is 3.74. The third-order valence-corrected chi connectivity index (χ3v) is 3.85. The maximum absolute atomic E-state index is 12.8. The fourth-order valence-corrected chi connectivity index (χ4v) is 2.51. The number of carbonyl (C=O) groups is 2. The first-order valence-electron chi connectivity index (χ1n) is 7.53. The van der Waals surface area contributed by atoms with Gasteiger partial charge in [0.2, 0.25) is 0 Å². The molecule has 1 atom stereocenters. The van der Waals surface area contributed by atoms with Crippen molar-refractivity contribution >= 4 is 12.1 Å². The molecule has 0 aliphatic rings. The summed E-state index contributed by atoms with van der Waals surface area (Å²) in [5.74, 6) is 0.598. The standard InChI is InChI=1S/C19H20O6/c1-22-15-7-5-12(9-17(15)24-3)14(11-20)19(21)13-6-8-16(23-2)18(10-13)25-4/h5-11,14H,1-4H3. The Morgan fingerprint density at radius 3 is 1.84 bits per heavy atom. The Labute approximate surface area is 146 Å². The van der Waals surface area contributed by atoms with Crippen LogP contribution < -0.4 is 18.9 Å². The molecular weight excluding hydrogens is 324 g/mol. The summed E-state index contributed by atoms with van der Waals surface area (Å²) in [6.07, 6.45) is 0.611. The van der Waals surface area contributed by atoms with Crippen molar-refractivity contribution in [2.45, 2.75) is 5.92 Å². The van der Waals surface area contributed by atoms with Gasteiger partial charge >= 0.3 is 0 Å². The van der Waals surface area contributed by atoms with Crippen molar-refractivity contribution in [3.8, 4) is 23.0 Å². The van der Waals surface area contributed by atoms with Crippen LogP contribution in [0.15, 0.2) is 36.4 Å². The zero-order valence-corrected chi connectivity index (χ0v) is 14.6. The fourth-order valence-electron chi connectivity index (χ4n) is 2.51. The van der Waals surface area contributed by atoms with Gasteiger partial charge in [0, 0.05) is 5.56 Å². The van der Waals surface area contributed by atoms with Crippen LogP contribution in [0.2, 0.25) is 0 Å². The Bertz CT molecular complexity index is 769. The number of aldehydes is 1. The maximum atomic E-state index is 12.8. The van der Waals surface area contributed by atoms with Crippen molar-refractivity contribution in [1.82, 2.24) is 0 Å². The number of ether oxygens (including phenoxy) is 4. The highest BCUT2D eigenvalue weighted by Gasteiger charge is 2.24. The first-order valence-corrected chi connectivity index (χ1v) is 7.53. The minimum atomic E-state index is -0.960. The van der Waals surface area contributed by atoms with E-state index in [0.717, 1.165) is 0 Å². The second-order valence-corrected chi connectivity index (χ2v) is 5.16. The number of rotatable bonds is 8. The van der Waals surface area contributed by atoms with Gasteiger partial charge < -0.3 is 23.7 Å². The molecule has 1 unspecified atom stereocenters. The molecule has 0 spiro atoms. The van der Waals surface area contributed by atoms with Crippen LogP contribution in [-0.4, -0.2) is 40.5 Å². The minimum absolute atomic E-state index is 0.344. The molecule has 0 amide bonds. The average Bonchev–Trinajstić information content (AvgIpc) is 2.67. The van der Waals surface area contributed by atoms with Gasteiger partial charge in [0.1, 0.15) is 12.2 Å². The quantitative estimate of drug-likeness (QED) is 0.417. The molecule has 2 aromatic rings. The van der Waals surface area contributed by atoms with E-state index in [1.165, 1.54) is 28.4 Å². The molecule has 0 radical (unpaired) electrons. The van der Waals surface area contributed by atoms with Crippen LogP contribution in [0.5, 0.6) is 23.0 Å². The summed E-state index contributed by atoms with van der Waals surface area (Å²) < 4.78 is 20.8. The van der Waals surface area contributed by atoms with Gasteiger partial charge in [-0.3, -0.25) is 4.79 Å². The van der Waals surface area contributed by atoms with E-state index in [1.54, 1.807) is 36.4 Å². The molecule has 0 saturated heterocycles. The molecule has 0 N–H and O–H groups in total. The van der Waals surface area contributed by atoms with E-state index in [4.69, 9.17) is 18.9 Å². The van der Waals surface area contributed by atoms with Gasteiger partial charge in [-0.15, -0.1) is 0 Å². The molecule has 2 rings (SSSR count). The van der Waals surface area contributed by atoms with E-state index < -0.39 is 5.92 Å². The van der Waals surface area contributed by atoms with Gasteiger partial charge in [-0.1, -0.05) is 6.07 Å². The van der Waals surface area contributed by atoms with E-state index >= 15 is 0 Å². The first-order chi connectivity index (χ1) is 12.1. The van der Waals surface area contributed by atoms with Gasteiger partial charge in [0.15, 0.2) is 28.8 Å². The number of benzene rings is 2. The number of Topliss-reactive ketones (excluding diaryl/α,β-unsaturated/α-hetero) is 1. The molecule has 0 aliphatic heterocycles. The number of hydrogen-bond acceptors (Lipinski definition) is 6. The van der Waals surface area contributed by atoms with Gasteiger partial charge in [-0.25, -0.2) is 0 Å². The summed E-state index contributed by atoms with van der Waals surface area (Å²) in [5.41, 5.74) is 0.872. The van der Waals surface area contributed by atoms with Crippen molar-refractivity contribution < 1.29 is 28.5 Å². The van der Waals surface area contributed by atoms with Crippen molar-refractivity contribution in [3.63, 3.8) is 0 Å². The van der Waals surface area contributed by atoms with Gasteiger partial charge in [0.05, 0.1) is 28.4 Å². The minimum Gasteiger partial charge on any atom is -0.493 e. The maximum Gasteiger partial charge on any atom is 0.177 e. The lowest BCUT2D eigenvalue weighted by Crippen LogP contribution is -2.15. The van der Waals surface area contributed by atoms with E-state index in [-0.39, 0.29) is 5.78 Å². The molecule has 0 aromatic heterocycles. The second-order valence-electron chi connectivity index (χ2n) is 5.16. The summed E-state index contributed by atoms with van der Waals surface area (Å²) >= 11 is 0. The summed E-state index contributed by atoms with van der Waals surface area (Å²) in [4.78, 5) is 24.4. The highest BCUT2D eigenvalue weighted by molar-refractivity contribution is 6.09. The fraction of sp³-hybridized carbons (Fsp3) is 0.263. The Morgan fingerprint density at radius 1 is 0.800 bits per heavy atom. The number of methoxy groups -OCH3 is 4. The number of ketones is 1. The predicted octanol–water partition coefficient (Wildman–Crippen LogP) is 2.89. The summed E-state index contributed by atoms with van der Waals surface area (Å²) in [7, 11) is 6.01. The lowest BCUT2D eigenvalue weighted by atomic mass is 9.91. The van der Waals surface area contributed by atoms with Crippen LogP contribution in [0.3, 0.4) is 0 Å². The molecule has 0 fully saturated rings. The zero-order chi connectivity index (χ0) is 18.4. The van der Waals surface area contributed by atoms with Crippen LogP contribution >= 0.6 is 0 Å². The van der Waals surface area contributed by atoms with Crippen molar-refractivity contribution in [3.05, 3.63) is 47.5 Å². The molecule has 132 valence electrons. The van der Waals surface area contributed by atoms with Crippen LogP contribution in [0.4, 0.5) is 0 Å². The predicted molar refractivity (Wildman–Crippen MR) is 92.2 cm³/mol. The molecule has 0 bridgehead atoms. The third-order valence-electron chi connectivity index (χ3n) is 3.85. The molecule has 6 nitrogen and oxygen atoms in total. The van der Waals surface area contributed by atoms with Crippen LogP contribution in [-0.2, 0) is 4.79 Å². The Morgan fingerprint density at radius 2 is 1.32 bits per heavy atom. The Hall–Kier alpha value is -3.02. The van der Waals surface area contributed by atoms with Gasteiger partial charge in [-0.2, -0.15) is 0 Å². The number of carbonyl (C=O) groups excluding carboxylic acids is 2. The smallest absolute Gasteiger partial charge is 0.177 e. The van der Waals surface area contributed by atoms with Crippen molar-refractivity contribution in [1.29, 1.82) is 0 Å². The lowest BCUT2D eigenvalue weighted by molar-refractivity contribution is -0.108. The lowest BCUT2D eigenvalue weighted by Gasteiger charge is -2.14. The Kier molecular flexibility index (Phi) is 6.00. The normalized spacial score (nSPS) is 11.4. The zero-order valence-electron chi connectivity index (χ0n) is 14.6. The van der Waals surface area contributed by atoms with E-state index in [2.05, 4.69) is 0 Å². The van der Waals surface area contributed by atoms with Gasteiger partial charge in [-0.05, 0) is 35.9 Å². The Balaban J connectivity index is 2.40. The second kappa shape index (κ2) is 8.19. The topological polar surface area (TPSA) is 71.1 Å². The summed E-state index contributed by atoms with van der Waals surface area (Å²) in [5, 5.41) is 0. The molecule has 0 saturated carbocycles. The molecule has 6 heteroatoms. The van der Waals surface area contributed by atoms with E-state index in [0.29, 0.717) is 40.4 Å². The van der Waals surface area contributed by atoms with E-state index in [1.807, 2.05) is 0 Å². The molecule has 0 heterocycles. The van der Waals surface area contributed by atoms with Crippen LogP contribution in [0.25, 0.3) is 0 Å². The summed E-state index contributed by atoms with van der Waals surface area (Å²) in [6.45, 7) is 0. The highest BCUT2D eigenvalue weighted by atomic mass is 16.5. The molecular formula is C19H20O6.